The SMILES string of the molecule is COC(=O)[C@H](Cc1cn([Si](C(C)C)(C(C)C)C(C)C)c2cc(C)cc(OC(C)=O)c12)NS(=O)(=O)C(F)(F)F. The van der Waals surface area contributed by atoms with Crippen LogP contribution in [0.15, 0.2) is 18.3 Å². The van der Waals surface area contributed by atoms with Crippen LogP contribution in [-0.2, 0) is 30.8 Å². The van der Waals surface area contributed by atoms with Crippen LogP contribution in [0.4, 0.5) is 13.2 Å². The highest BCUT2D eigenvalue weighted by atomic mass is 32.2. The molecule has 1 N–H and O–H groups in total. The van der Waals surface area contributed by atoms with Crippen molar-refractivity contribution in [3.63, 3.8) is 0 Å². The molecule has 0 aliphatic heterocycles. The first-order valence-corrected chi connectivity index (χ1v) is 16.0. The summed E-state index contributed by atoms with van der Waals surface area (Å²) in [7, 11) is -7.35. The molecule has 2 aromatic rings. The molecule has 0 amide bonds. The van der Waals surface area contributed by atoms with E-state index < -0.39 is 48.2 Å². The molecule has 1 aromatic heterocycles. The van der Waals surface area contributed by atoms with Gasteiger partial charge in [0.2, 0.25) is 0 Å². The number of ether oxygens (including phenoxy) is 2. The van der Waals surface area contributed by atoms with E-state index in [1.54, 1.807) is 12.3 Å². The van der Waals surface area contributed by atoms with Gasteiger partial charge in [-0.05, 0) is 53.0 Å². The number of alkyl halides is 3. The van der Waals surface area contributed by atoms with Crippen LogP contribution >= 0.6 is 0 Å². The molecule has 13 heteroatoms. The largest absolute Gasteiger partial charge is 0.511 e. The molecule has 0 aliphatic rings. The van der Waals surface area contributed by atoms with Gasteiger partial charge in [0, 0.05) is 24.2 Å². The molecule has 0 saturated heterocycles. The number of fused-ring (bicyclic) bond motifs is 1. The third-order valence-electron chi connectivity index (χ3n) is 7.05. The minimum atomic E-state index is -5.86. The average Bonchev–Trinajstić information content (AvgIpc) is 3.09. The maximum absolute atomic E-state index is 13.2. The Labute approximate surface area is 223 Å². The summed E-state index contributed by atoms with van der Waals surface area (Å²) in [6, 6.07) is 1.67. The van der Waals surface area contributed by atoms with Crippen molar-refractivity contribution in [1.82, 2.24) is 8.95 Å². The number of halogens is 3. The van der Waals surface area contributed by atoms with Crippen LogP contribution in [0.1, 0.15) is 59.6 Å². The first-order valence-electron chi connectivity index (χ1n) is 12.3. The van der Waals surface area contributed by atoms with Gasteiger partial charge in [-0.2, -0.15) is 17.9 Å². The number of rotatable bonds is 10. The zero-order valence-corrected chi connectivity index (χ0v) is 25.0. The molecule has 0 spiro atoms. The molecule has 0 saturated carbocycles. The van der Waals surface area contributed by atoms with E-state index in [1.165, 1.54) is 11.6 Å². The number of aromatic nitrogens is 1. The monoisotopic (exact) mass is 578 g/mol. The molecule has 1 heterocycles. The third-order valence-corrected chi connectivity index (χ3v) is 15.0. The van der Waals surface area contributed by atoms with Gasteiger partial charge in [-0.3, -0.25) is 9.59 Å². The van der Waals surface area contributed by atoms with Crippen molar-refractivity contribution in [2.75, 3.05) is 7.11 Å². The zero-order chi connectivity index (χ0) is 29.4. The minimum absolute atomic E-state index is 0.183. The molecular formula is C25H37F3N2O6SSi. The van der Waals surface area contributed by atoms with Crippen molar-refractivity contribution in [2.24, 2.45) is 0 Å². The predicted molar refractivity (Wildman–Crippen MR) is 142 cm³/mol. The van der Waals surface area contributed by atoms with E-state index in [0.717, 1.165) is 12.7 Å². The van der Waals surface area contributed by atoms with Crippen molar-refractivity contribution in [3.8, 4) is 5.75 Å². The maximum atomic E-state index is 13.2. The van der Waals surface area contributed by atoms with Crippen molar-refractivity contribution in [1.29, 1.82) is 0 Å². The quantitative estimate of drug-likeness (QED) is 0.229. The number of carbonyl (C=O) groups excluding carboxylic acids is 2. The van der Waals surface area contributed by atoms with Crippen LogP contribution in [0.25, 0.3) is 10.9 Å². The van der Waals surface area contributed by atoms with Crippen LogP contribution < -0.4 is 9.46 Å². The Bertz CT molecular complexity index is 1280. The number of carbonyl (C=O) groups is 2. The molecule has 0 unspecified atom stereocenters. The van der Waals surface area contributed by atoms with E-state index in [4.69, 9.17) is 4.74 Å². The molecule has 1 atom stereocenters. The number of esters is 2. The fourth-order valence-corrected chi connectivity index (χ4v) is 13.2. The Morgan fingerprint density at radius 3 is 2.00 bits per heavy atom. The first-order chi connectivity index (χ1) is 17.3. The van der Waals surface area contributed by atoms with E-state index in [-0.39, 0.29) is 22.4 Å². The fourth-order valence-electron chi connectivity index (χ4n) is 5.87. The van der Waals surface area contributed by atoms with E-state index in [9.17, 15) is 31.2 Å². The Balaban J connectivity index is 2.96. The Morgan fingerprint density at radius 2 is 1.58 bits per heavy atom. The predicted octanol–water partition coefficient (Wildman–Crippen LogP) is 5.42. The molecule has 0 bridgehead atoms. The van der Waals surface area contributed by atoms with Gasteiger partial charge in [0.15, 0.2) is 8.24 Å². The molecule has 214 valence electrons. The molecule has 8 nitrogen and oxygen atoms in total. The van der Waals surface area contributed by atoms with Crippen molar-refractivity contribution in [2.45, 2.75) is 90.0 Å². The van der Waals surface area contributed by atoms with Gasteiger partial charge >= 0.3 is 27.5 Å². The highest BCUT2D eigenvalue weighted by Crippen LogP contribution is 2.46. The highest BCUT2D eigenvalue weighted by Gasteiger charge is 2.49. The number of benzene rings is 1. The second-order valence-corrected chi connectivity index (χ2v) is 17.9. The summed E-state index contributed by atoms with van der Waals surface area (Å²) >= 11 is 0. The van der Waals surface area contributed by atoms with Gasteiger partial charge in [0.25, 0.3) is 0 Å². The molecule has 0 fully saturated rings. The van der Waals surface area contributed by atoms with Crippen molar-refractivity contribution < 1.29 is 40.7 Å². The van der Waals surface area contributed by atoms with Gasteiger partial charge in [0.1, 0.15) is 11.8 Å². The fraction of sp³-hybridized carbons (Fsp3) is 0.600. The molecule has 0 radical (unpaired) electrons. The number of aryl methyl sites for hydroxylation is 1. The van der Waals surface area contributed by atoms with Gasteiger partial charge in [-0.1, -0.05) is 41.5 Å². The van der Waals surface area contributed by atoms with E-state index >= 15 is 0 Å². The van der Waals surface area contributed by atoms with Gasteiger partial charge in [-0.15, -0.1) is 0 Å². The van der Waals surface area contributed by atoms with Crippen LogP contribution in [0.2, 0.25) is 16.6 Å². The van der Waals surface area contributed by atoms with Gasteiger partial charge < -0.3 is 13.7 Å². The summed E-state index contributed by atoms with van der Waals surface area (Å²) in [6.07, 6.45) is 1.32. The summed E-state index contributed by atoms with van der Waals surface area (Å²) in [6.45, 7) is 15.9. The van der Waals surface area contributed by atoms with Crippen LogP contribution in [0.5, 0.6) is 5.75 Å². The van der Waals surface area contributed by atoms with Crippen LogP contribution in [0, 0.1) is 6.92 Å². The summed E-state index contributed by atoms with van der Waals surface area (Å²) in [5.41, 5.74) is -3.09. The Kier molecular flexibility index (Phi) is 9.54. The summed E-state index contributed by atoms with van der Waals surface area (Å²) < 4.78 is 77.1. The number of hydrogen-bond acceptors (Lipinski definition) is 6. The second-order valence-electron chi connectivity index (χ2n) is 10.5. The van der Waals surface area contributed by atoms with Crippen molar-refractivity contribution >= 4 is 41.1 Å². The molecular weight excluding hydrogens is 541 g/mol. The smallest absolute Gasteiger partial charge is 0.468 e. The van der Waals surface area contributed by atoms with E-state index in [2.05, 4.69) is 50.5 Å². The molecule has 38 heavy (non-hydrogen) atoms. The molecule has 0 aliphatic carbocycles. The van der Waals surface area contributed by atoms with Crippen LogP contribution in [0.3, 0.4) is 0 Å². The number of methoxy groups -OCH3 is 1. The number of nitrogens with one attached hydrogen (secondary N) is 1. The highest BCUT2D eigenvalue weighted by molar-refractivity contribution is 7.90. The first kappa shape index (κ1) is 31.8. The third kappa shape index (κ3) is 5.94. The minimum Gasteiger partial charge on any atom is -0.468 e. The zero-order valence-electron chi connectivity index (χ0n) is 23.2. The van der Waals surface area contributed by atoms with Gasteiger partial charge in [-0.25, -0.2) is 8.42 Å². The number of hydrogen-bond donors (Lipinski definition) is 1. The van der Waals surface area contributed by atoms with E-state index in [1.807, 2.05) is 13.0 Å². The van der Waals surface area contributed by atoms with Gasteiger partial charge in [0.05, 0.1) is 7.11 Å². The topological polar surface area (TPSA) is 104 Å². The lowest BCUT2D eigenvalue weighted by Gasteiger charge is -2.44. The Hall–Kier alpha value is -2.38. The summed E-state index contributed by atoms with van der Waals surface area (Å²) in [4.78, 5) is 24.5. The Morgan fingerprint density at radius 1 is 1.05 bits per heavy atom. The normalized spacial score (nSPS) is 14.0. The second kappa shape index (κ2) is 11.4. The standard InChI is InChI=1S/C25H37F3N2O6SSi/c1-14(2)38(15(3)4,16(5)6)30-13-19(23-21(30)10-17(7)11-22(23)36-18(8)31)12-20(24(32)35-9)29-37(33,34)25(26,27)28/h10-11,13-16,20,29H,12H2,1-9H3/t20-/m0/s1. The van der Waals surface area contributed by atoms with E-state index in [0.29, 0.717) is 16.5 Å². The molecule has 1 aromatic carbocycles. The average molecular weight is 579 g/mol. The molecule has 2 rings (SSSR count). The summed E-state index contributed by atoms with van der Waals surface area (Å²) in [5.74, 6) is -1.60. The van der Waals surface area contributed by atoms with Crippen LogP contribution in [-0.4, -0.2) is 51.5 Å². The number of nitrogens with zero attached hydrogens (tertiary/aromatic N) is 1. The number of sulfonamides is 1. The lowest BCUT2D eigenvalue weighted by molar-refractivity contribution is -0.142. The summed E-state index contributed by atoms with van der Waals surface area (Å²) in [5, 5.41) is 0.435. The lowest BCUT2D eigenvalue weighted by atomic mass is 10.0. The maximum Gasteiger partial charge on any atom is 0.511 e. The lowest BCUT2D eigenvalue weighted by Crippen LogP contribution is -2.51. The van der Waals surface area contributed by atoms with Crippen molar-refractivity contribution in [3.05, 3.63) is 29.5 Å².